The number of hydrogen-bond acceptors (Lipinski definition) is 2. The van der Waals surface area contributed by atoms with Gasteiger partial charge in [-0.25, -0.2) is 0 Å². The minimum absolute atomic E-state index is 0.182. The highest BCUT2D eigenvalue weighted by Crippen LogP contribution is 2.37. The molecule has 1 aliphatic rings. The Bertz CT molecular complexity index is 800. The van der Waals surface area contributed by atoms with Crippen molar-refractivity contribution in [1.29, 1.82) is 0 Å². The molecule has 1 unspecified atom stereocenters. The molecule has 0 saturated heterocycles. The molecule has 2 heterocycles. The molecule has 0 radical (unpaired) electrons. The maximum Gasteiger partial charge on any atom is 0.0924 e. The number of para-hydroxylation sites is 2. The van der Waals surface area contributed by atoms with Crippen LogP contribution < -0.4 is 10.2 Å². The molecule has 3 aromatic rings. The standard InChI is InChI=1S/C19H19N3/c1-21(2)15-11-9-14(10-12-15)19-18-8-5-13-22(18)17-7-4-3-6-16(17)20-19/h3-13,19-20H,1-2H3. The van der Waals surface area contributed by atoms with Crippen LogP contribution in [0.3, 0.4) is 0 Å². The zero-order valence-electron chi connectivity index (χ0n) is 12.8. The van der Waals surface area contributed by atoms with Gasteiger partial charge < -0.3 is 14.8 Å². The van der Waals surface area contributed by atoms with Crippen molar-refractivity contribution in [2.45, 2.75) is 6.04 Å². The van der Waals surface area contributed by atoms with E-state index in [4.69, 9.17) is 0 Å². The number of fused-ring (bicyclic) bond motifs is 3. The SMILES string of the molecule is CN(C)c1ccc(C2Nc3ccccc3-n3cccc32)cc1. The maximum absolute atomic E-state index is 3.67. The lowest BCUT2D eigenvalue weighted by Gasteiger charge is -2.30. The smallest absolute Gasteiger partial charge is 0.0924 e. The summed E-state index contributed by atoms with van der Waals surface area (Å²) in [5, 5.41) is 3.67. The molecule has 0 aliphatic carbocycles. The van der Waals surface area contributed by atoms with Crippen molar-refractivity contribution in [2.24, 2.45) is 0 Å². The molecule has 0 amide bonds. The van der Waals surface area contributed by atoms with Crippen molar-refractivity contribution in [3.8, 4) is 5.69 Å². The third kappa shape index (κ3) is 1.98. The summed E-state index contributed by atoms with van der Waals surface area (Å²) in [4.78, 5) is 2.12. The van der Waals surface area contributed by atoms with Gasteiger partial charge in [-0.15, -0.1) is 0 Å². The Morgan fingerprint density at radius 1 is 0.909 bits per heavy atom. The molecule has 4 rings (SSSR count). The molecule has 110 valence electrons. The fraction of sp³-hybridized carbons (Fsp3) is 0.158. The van der Waals surface area contributed by atoms with Gasteiger partial charge in [-0.3, -0.25) is 0 Å². The van der Waals surface area contributed by atoms with E-state index >= 15 is 0 Å². The van der Waals surface area contributed by atoms with Gasteiger partial charge in [0.2, 0.25) is 0 Å². The Hall–Kier alpha value is -2.68. The second-order valence-corrected chi connectivity index (χ2v) is 5.88. The molecule has 1 aromatic heterocycles. The number of anilines is 2. The summed E-state index contributed by atoms with van der Waals surface area (Å²) in [7, 11) is 4.13. The summed E-state index contributed by atoms with van der Waals surface area (Å²) in [5.74, 6) is 0. The molecule has 2 aromatic carbocycles. The Kier molecular flexibility index (Phi) is 2.93. The van der Waals surface area contributed by atoms with Crippen LogP contribution in [0.4, 0.5) is 11.4 Å². The largest absolute Gasteiger partial charge is 0.378 e. The normalized spacial score (nSPS) is 15.6. The van der Waals surface area contributed by atoms with Crippen LogP contribution in [0.25, 0.3) is 5.69 Å². The van der Waals surface area contributed by atoms with Gasteiger partial charge in [0.1, 0.15) is 0 Å². The molecular weight excluding hydrogens is 270 g/mol. The topological polar surface area (TPSA) is 20.2 Å². The van der Waals surface area contributed by atoms with Crippen molar-refractivity contribution in [3.63, 3.8) is 0 Å². The summed E-state index contributed by atoms with van der Waals surface area (Å²) in [6.45, 7) is 0. The van der Waals surface area contributed by atoms with Crippen molar-refractivity contribution >= 4 is 11.4 Å². The van der Waals surface area contributed by atoms with Crippen LogP contribution in [0.15, 0.2) is 66.9 Å². The fourth-order valence-corrected chi connectivity index (χ4v) is 3.10. The van der Waals surface area contributed by atoms with E-state index in [1.54, 1.807) is 0 Å². The van der Waals surface area contributed by atoms with E-state index in [0.717, 1.165) is 0 Å². The average molecular weight is 289 g/mol. The first kappa shape index (κ1) is 13.0. The van der Waals surface area contributed by atoms with Crippen LogP contribution >= 0.6 is 0 Å². The molecule has 1 aliphatic heterocycles. The van der Waals surface area contributed by atoms with Crippen LogP contribution in [-0.4, -0.2) is 18.7 Å². The van der Waals surface area contributed by atoms with Crippen molar-refractivity contribution < 1.29 is 0 Å². The minimum atomic E-state index is 0.182. The lowest BCUT2D eigenvalue weighted by atomic mass is 10.00. The molecule has 1 N–H and O–H groups in total. The molecule has 22 heavy (non-hydrogen) atoms. The third-order valence-corrected chi connectivity index (χ3v) is 4.28. The summed E-state index contributed by atoms with van der Waals surface area (Å²) in [6, 6.07) is 21.7. The van der Waals surface area contributed by atoms with Gasteiger partial charge in [-0.1, -0.05) is 24.3 Å². The number of aromatic nitrogens is 1. The first-order chi connectivity index (χ1) is 10.7. The summed E-state index contributed by atoms with van der Waals surface area (Å²) < 4.78 is 2.27. The minimum Gasteiger partial charge on any atom is -0.378 e. The van der Waals surface area contributed by atoms with Crippen LogP contribution in [0, 0.1) is 0 Å². The Labute approximate surface area is 130 Å². The highest BCUT2D eigenvalue weighted by molar-refractivity contribution is 5.67. The van der Waals surface area contributed by atoms with Gasteiger partial charge >= 0.3 is 0 Å². The first-order valence-electron chi connectivity index (χ1n) is 7.54. The van der Waals surface area contributed by atoms with Gasteiger partial charge in [-0.05, 0) is 42.0 Å². The molecular formula is C19H19N3. The van der Waals surface area contributed by atoms with E-state index in [0.29, 0.717) is 0 Å². The highest BCUT2D eigenvalue weighted by atomic mass is 15.1. The Balaban J connectivity index is 1.78. The van der Waals surface area contributed by atoms with E-state index in [9.17, 15) is 0 Å². The lowest BCUT2D eigenvalue weighted by molar-refractivity contribution is 0.809. The van der Waals surface area contributed by atoms with Gasteiger partial charge in [0.25, 0.3) is 0 Å². The van der Waals surface area contributed by atoms with Crippen LogP contribution in [0.2, 0.25) is 0 Å². The zero-order chi connectivity index (χ0) is 15.1. The first-order valence-corrected chi connectivity index (χ1v) is 7.54. The quantitative estimate of drug-likeness (QED) is 0.768. The number of nitrogens with one attached hydrogen (secondary N) is 1. The number of benzene rings is 2. The zero-order valence-corrected chi connectivity index (χ0v) is 12.8. The lowest BCUT2D eigenvalue weighted by Crippen LogP contribution is -2.22. The third-order valence-electron chi connectivity index (χ3n) is 4.28. The van der Waals surface area contributed by atoms with E-state index in [-0.39, 0.29) is 6.04 Å². The summed E-state index contributed by atoms with van der Waals surface area (Å²) in [6.07, 6.45) is 2.14. The van der Waals surface area contributed by atoms with Gasteiger partial charge in [0, 0.05) is 31.7 Å². The van der Waals surface area contributed by atoms with Crippen LogP contribution in [-0.2, 0) is 0 Å². The van der Waals surface area contributed by atoms with Crippen molar-refractivity contribution in [3.05, 3.63) is 78.1 Å². The molecule has 0 saturated carbocycles. The monoisotopic (exact) mass is 289 g/mol. The van der Waals surface area contributed by atoms with Crippen LogP contribution in [0.1, 0.15) is 17.3 Å². The summed E-state index contributed by atoms with van der Waals surface area (Å²) >= 11 is 0. The summed E-state index contributed by atoms with van der Waals surface area (Å²) in [5.41, 5.74) is 6.16. The van der Waals surface area contributed by atoms with Crippen molar-refractivity contribution in [1.82, 2.24) is 4.57 Å². The number of nitrogens with zero attached hydrogens (tertiary/aromatic N) is 2. The molecule has 3 heteroatoms. The predicted molar refractivity (Wildman–Crippen MR) is 92.0 cm³/mol. The number of rotatable bonds is 2. The highest BCUT2D eigenvalue weighted by Gasteiger charge is 2.24. The van der Waals surface area contributed by atoms with Gasteiger partial charge in [0.05, 0.1) is 17.4 Å². The maximum atomic E-state index is 3.67. The van der Waals surface area contributed by atoms with E-state index in [1.807, 2.05) is 0 Å². The van der Waals surface area contributed by atoms with E-state index < -0.39 is 0 Å². The van der Waals surface area contributed by atoms with E-state index in [2.05, 4.69) is 95.7 Å². The van der Waals surface area contributed by atoms with Crippen LogP contribution in [0.5, 0.6) is 0 Å². The van der Waals surface area contributed by atoms with E-state index in [1.165, 1.54) is 28.3 Å². The second-order valence-electron chi connectivity index (χ2n) is 5.88. The average Bonchev–Trinajstić information content (AvgIpc) is 3.04. The molecule has 1 atom stereocenters. The predicted octanol–water partition coefficient (Wildman–Crippen LogP) is 4.06. The molecule has 0 spiro atoms. The number of hydrogen-bond donors (Lipinski definition) is 1. The molecule has 0 bridgehead atoms. The fourth-order valence-electron chi connectivity index (χ4n) is 3.10. The van der Waals surface area contributed by atoms with Gasteiger partial charge in [0.15, 0.2) is 0 Å². The van der Waals surface area contributed by atoms with Gasteiger partial charge in [-0.2, -0.15) is 0 Å². The Morgan fingerprint density at radius 2 is 1.68 bits per heavy atom. The second kappa shape index (κ2) is 4.95. The molecule has 3 nitrogen and oxygen atoms in total. The molecule has 0 fully saturated rings. The van der Waals surface area contributed by atoms with Crippen molar-refractivity contribution in [2.75, 3.05) is 24.3 Å². The Morgan fingerprint density at radius 3 is 2.45 bits per heavy atom.